The number of rotatable bonds is 6. The van der Waals surface area contributed by atoms with E-state index in [1.807, 2.05) is 7.05 Å². The lowest BCUT2D eigenvalue weighted by Gasteiger charge is -2.20. The zero-order chi connectivity index (χ0) is 12.0. The van der Waals surface area contributed by atoms with Crippen LogP contribution in [0.25, 0.3) is 0 Å². The molecule has 1 atom stereocenters. The Bertz CT molecular complexity index is 212. The van der Waals surface area contributed by atoms with Gasteiger partial charge in [-0.3, -0.25) is 9.69 Å². The van der Waals surface area contributed by atoms with Gasteiger partial charge in [-0.1, -0.05) is 13.8 Å². The maximum Gasteiger partial charge on any atom is 0.234 e. The van der Waals surface area contributed by atoms with Crippen LogP contribution >= 0.6 is 0 Å². The molecule has 2 N–H and O–H groups in total. The van der Waals surface area contributed by atoms with E-state index in [0.29, 0.717) is 18.5 Å². The number of carbonyl (C=O) groups excluding carboxylic acids is 1. The summed E-state index contributed by atoms with van der Waals surface area (Å²) in [5.74, 6) is 0.653. The summed E-state index contributed by atoms with van der Waals surface area (Å²) < 4.78 is 0. The maximum atomic E-state index is 11.6. The van der Waals surface area contributed by atoms with Crippen molar-refractivity contribution in [2.24, 2.45) is 5.92 Å². The standard InChI is InChI=1S/C12H25N3O/c1-10(2)7-14-12(16)9-15(3)8-11-5-4-6-13-11/h10-11,13H,4-9H2,1-3H3,(H,14,16)/t11-/m0/s1. The zero-order valence-corrected chi connectivity index (χ0v) is 10.8. The van der Waals surface area contributed by atoms with Crippen LogP contribution < -0.4 is 10.6 Å². The van der Waals surface area contributed by atoms with Gasteiger partial charge in [0.2, 0.25) is 5.91 Å². The SMILES string of the molecule is CC(C)CNC(=O)CN(C)C[C@@H]1CCCN1. The van der Waals surface area contributed by atoms with Crippen LogP contribution in [0.15, 0.2) is 0 Å². The molecule has 0 spiro atoms. The summed E-state index contributed by atoms with van der Waals surface area (Å²) >= 11 is 0. The Balaban J connectivity index is 2.12. The molecule has 0 unspecified atom stereocenters. The molecule has 4 heteroatoms. The van der Waals surface area contributed by atoms with Crippen LogP contribution in [-0.4, -0.2) is 50.1 Å². The van der Waals surface area contributed by atoms with E-state index in [1.165, 1.54) is 12.8 Å². The van der Waals surface area contributed by atoms with E-state index in [2.05, 4.69) is 29.4 Å². The van der Waals surface area contributed by atoms with Crippen LogP contribution in [0.4, 0.5) is 0 Å². The Morgan fingerprint density at radius 2 is 2.31 bits per heavy atom. The molecule has 0 aromatic carbocycles. The molecule has 0 aromatic heterocycles. The van der Waals surface area contributed by atoms with Crippen LogP contribution in [0, 0.1) is 5.92 Å². The predicted molar refractivity (Wildman–Crippen MR) is 66.4 cm³/mol. The number of hydrogen-bond donors (Lipinski definition) is 2. The molecule has 1 rings (SSSR count). The third kappa shape index (κ3) is 5.47. The summed E-state index contributed by atoms with van der Waals surface area (Å²) in [7, 11) is 2.01. The summed E-state index contributed by atoms with van der Waals surface area (Å²) in [6, 6.07) is 0.572. The highest BCUT2D eigenvalue weighted by Crippen LogP contribution is 2.05. The molecular formula is C12H25N3O. The predicted octanol–water partition coefficient (Wildman–Crippen LogP) is 0.442. The largest absolute Gasteiger partial charge is 0.355 e. The third-order valence-electron chi connectivity index (χ3n) is 2.82. The number of likely N-dealkylation sites (N-methyl/N-ethyl adjacent to an activating group) is 1. The van der Waals surface area contributed by atoms with Crippen molar-refractivity contribution >= 4 is 5.91 Å². The first-order chi connectivity index (χ1) is 7.58. The maximum absolute atomic E-state index is 11.6. The van der Waals surface area contributed by atoms with Crippen molar-refractivity contribution in [1.29, 1.82) is 0 Å². The first-order valence-corrected chi connectivity index (χ1v) is 6.26. The fourth-order valence-electron chi connectivity index (χ4n) is 1.97. The molecule has 0 saturated carbocycles. The lowest BCUT2D eigenvalue weighted by Crippen LogP contribution is -2.41. The van der Waals surface area contributed by atoms with Crippen LogP contribution in [0.1, 0.15) is 26.7 Å². The van der Waals surface area contributed by atoms with E-state index < -0.39 is 0 Å². The molecule has 0 bridgehead atoms. The van der Waals surface area contributed by atoms with Gasteiger partial charge in [0.1, 0.15) is 0 Å². The summed E-state index contributed by atoms with van der Waals surface area (Å²) in [4.78, 5) is 13.7. The Morgan fingerprint density at radius 3 is 2.88 bits per heavy atom. The average molecular weight is 227 g/mol. The highest BCUT2D eigenvalue weighted by Gasteiger charge is 2.16. The van der Waals surface area contributed by atoms with Gasteiger partial charge in [-0.2, -0.15) is 0 Å². The highest BCUT2D eigenvalue weighted by atomic mass is 16.2. The molecule has 0 aromatic rings. The van der Waals surface area contributed by atoms with Crippen molar-refractivity contribution in [3.63, 3.8) is 0 Å². The quantitative estimate of drug-likeness (QED) is 0.692. The van der Waals surface area contributed by atoms with Gasteiger partial charge >= 0.3 is 0 Å². The van der Waals surface area contributed by atoms with Gasteiger partial charge in [-0.25, -0.2) is 0 Å². The Kier molecular flexibility index (Phi) is 5.77. The molecule has 1 fully saturated rings. The van der Waals surface area contributed by atoms with Crippen LogP contribution in [-0.2, 0) is 4.79 Å². The first-order valence-electron chi connectivity index (χ1n) is 6.26. The van der Waals surface area contributed by atoms with E-state index in [4.69, 9.17) is 0 Å². The molecule has 1 amide bonds. The molecule has 1 heterocycles. The summed E-state index contributed by atoms with van der Waals surface area (Å²) in [5.41, 5.74) is 0. The Hall–Kier alpha value is -0.610. The van der Waals surface area contributed by atoms with Gasteiger partial charge in [0, 0.05) is 19.1 Å². The minimum absolute atomic E-state index is 0.134. The second-order valence-corrected chi connectivity index (χ2v) is 5.19. The van der Waals surface area contributed by atoms with Crippen molar-refractivity contribution in [2.45, 2.75) is 32.7 Å². The van der Waals surface area contributed by atoms with Gasteiger partial charge < -0.3 is 10.6 Å². The first kappa shape index (κ1) is 13.5. The number of nitrogens with zero attached hydrogens (tertiary/aromatic N) is 1. The van der Waals surface area contributed by atoms with E-state index in [1.54, 1.807) is 0 Å². The number of carbonyl (C=O) groups is 1. The topological polar surface area (TPSA) is 44.4 Å². The molecule has 1 aliphatic heterocycles. The van der Waals surface area contributed by atoms with Crippen molar-refractivity contribution in [2.75, 3.05) is 33.2 Å². The number of amides is 1. The van der Waals surface area contributed by atoms with E-state index in [0.717, 1.165) is 19.6 Å². The Labute approximate surface area is 98.8 Å². The summed E-state index contributed by atoms with van der Waals surface area (Å²) in [6.07, 6.45) is 2.50. The molecule has 16 heavy (non-hydrogen) atoms. The number of nitrogens with one attached hydrogen (secondary N) is 2. The van der Waals surface area contributed by atoms with E-state index >= 15 is 0 Å². The zero-order valence-electron chi connectivity index (χ0n) is 10.8. The molecule has 94 valence electrons. The van der Waals surface area contributed by atoms with Gasteiger partial charge in [-0.05, 0) is 32.4 Å². The summed E-state index contributed by atoms with van der Waals surface area (Å²) in [6.45, 7) is 7.57. The molecule has 0 aliphatic carbocycles. The van der Waals surface area contributed by atoms with Crippen LogP contribution in [0.3, 0.4) is 0 Å². The normalized spacial score (nSPS) is 20.7. The Morgan fingerprint density at radius 1 is 1.56 bits per heavy atom. The average Bonchev–Trinajstić information content (AvgIpc) is 2.67. The lowest BCUT2D eigenvalue weighted by atomic mass is 10.2. The molecule has 1 aliphatic rings. The van der Waals surface area contributed by atoms with Crippen molar-refractivity contribution in [1.82, 2.24) is 15.5 Å². The smallest absolute Gasteiger partial charge is 0.234 e. The van der Waals surface area contributed by atoms with Gasteiger partial charge in [0.05, 0.1) is 6.54 Å². The van der Waals surface area contributed by atoms with Crippen LogP contribution in [0.5, 0.6) is 0 Å². The monoisotopic (exact) mass is 227 g/mol. The fourth-order valence-corrected chi connectivity index (χ4v) is 1.97. The minimum atomic E-state index is 0.134. The van der Waals surface area contributed by atoms with E-state index in [-0.39, 0.29) is 5.91 Å². The minimum Gasteiger partial charge on any atom is -0.355 e. The summed E-state index contributed by atoms with van der Waals surface area (Å²) in [5, 5.41) is 6.37. The number of hydrogen-bond acceptors (Lipinski definition) is 3. The third-order valence-corrected chi connectivity index (χ3v) is 2.82. The highest BCUT2D eigenvalue weighted by molar-refractivity contribution is 5.77. The van der Waals surface area contributed by atoms with Gasteiger partial charge in [0.15, 0.2) is 0 Å². The molecule has 0 radical (unpaired) electrons. The molecular weight excluding hydrogens is 202 g/mol. The second kappa shape index (κ2) is 6.86. The van der Waals surface area contributed by atoms with E-state index in [9.17, 15) is 4.79 Å². The second-order valence-electron chi connectivity index (χ2n) is 5.19. The lowest BCUT2D eigenvalue weighted by molar-refractivity contribution is -0.122. The van der Waals surface area contributed by atoms with Crippen molar-refractivity contribution < 1.29 is 4.79 Å². The molecule has 4 nitrogen and oxygen atoms in total. The van der Waals surface area contributed by atoms with Gasteiger partial charge in [0.25, 0.3) is 0 Å². The van der Waals surface area contributed by atoms with Crippen molar-refractivity contribution in [3.05, 3.63) is 0 Å². The fraction of sp³-hybridized carbons (Fsp3) is 0.917. The van der Waals surface area contributed by atoms with Crippen molar-refractivity contribution in [3.8, 4) is 0 Å². The molecule has 1 saturated heterocycles. The van der Waals surface area contributed by atoms with Crippen LogP contribution in [0.2, 0.25) is 0 Å². The van der Waals surface area contributed by atoms with Gasteiger partial charge in [-0.15, -0.1) is 0 Å².